The molecule has 0 aliphatic carbocycles. The Balaban J connectivity index is 2.49. The van der Waals surface area contributed by atoms with Crippen molar-refractivity contribution in [3.63, 3.8) is 0 Å². The van der Waals surface area contributed by atoms with Crippen LogP contribution in [0, 0.1) is 5.82 Å². The molecular formula is C13H15F4NO. The van der Waals surface area contributed by atoms with Crippen LogP contribution in [0.5, 0.6) is 0 Å². The molecule has 0 fully saturated rings. The first-order valence-corrected chi connectivity index (χ1v) is 5.74. The van der Waals surface area contributed by atoms with Gasteiger partial charge in [-0.3, -0.25) is 0 Å². The molecule has 0 heterocycles. The molecule has 0 saturated heterocycles. The summed E-state index contributed by atoms with van der Waals surface area (Å²) in [6.45, 7) is 4.71. The van der Waals surface area contributed by atoms with E-state index in [-0.39, 0.29) is 6.54 Å². The van der Waals surface area contributed by atoms with E-state index in [1.807, 2.05) is 0 Å². The first-order chi connectivity index (χ1) is 8.95. The molecule has 0 saturated carbocycles. The molecule has 1 rings (SSSR count). The largest absolute Gasteiger partial charge is 0.502 e. The molecule has 0 amide bonds. The predicted octanol–water partition coefficient (Wildman–Crippen LogP) is 3.48. The monoisotopic (exact) mass is 277 g/mol. The maximum absolute atomic E-state index is 13.0. The molecule has 0 atom stereocenters. The average Bonchev–Trinajstić information content (AvgIpc) is 2.34. The Morgan fingerprint density at radius 2 is 2.05 bits per heavy atom. The van der Waals surface area contributed by atoms with Crippen molar-refractivity contribution < 1.29 is 22.3 Å². The molecular weight excluding hydrogens is 262 g/mol. The Morgan fingerprint density at radius 3 is 2.68 bits per heavy atom. The normalized spacial score (nSPS) is 11.4. The summed E-state index contributed by atoms with van der Waals surface area (Å²) >= 11 is 0. The molecule has 2 nitrogen and oxygen atoms in total. The zero-order chi connectivity index (χ0) is 14.3. The number of nitrogens with one attached hydrogen (secondary N) is 1. The molecule has 106 valence electrons. The lowest BCUT2D eigenvalue weighted by molar-refractivity contribution is -0.140. The predicted molar refractivity (Wildman–Crippen MR) is 63.9 cm³/mol. The Labute approximate surface area is 109 Å². The van der Waals surface area contributed by atoms with Gasteiger partial charge in [0.1, 0.15) is 5.82 Å². The zero-order valence-electron chi connectivity index (χ0n) is 10.3. The van der Waals surface area contributed by atoms with Crippen LogP contribution in [0.2, 0.25) is 0 Å². The van der Waals surface area contributed by atoms with Crippen molar-refractivity contribution in [2.24, 2.45) is 0 Å². The summed E-state index contributed by atoms with van der Waals surface area (Å²) in [4.78, 5) is 0. The SMILES string of the molecule is C=COCCCNCc1ccc(F)c(C(F)(F)F)c1. The lowest BCUT2D eigenvalue weighted by Crippen LogP contribution is -2.17. The number of ether oxygens (including phenoxy) is 1. The molecule has 0 bridgehead atoms. The number of rotatable bonds is 7. The lowest BCUT2D eigenvalue weighted by atomic mass is 10.1. The highest BCUT2D eigenvalue weighted by Crippen LogP contribution is 2.31. The Hall–Kier alpha value is -1.56. The maximum Gasteiger partial charge on any atom is 0.419 e. The maximum atomic E-state index is 13.0. The zero-order valence-corrected chi connectivity index (χ0v) is 10.3. The van der Waals surface area contributed by atoms with Crippen molar-refractivity contribution in [1.29, 1.82) is 0 Å². The molecule has 19 heavy (non-hydrogen) atoms. The summed E-state index contributed by atoms with van der Waals surface area (Å²) in [6, 6.07) is 2.99. The third-order valence-electron chi connectivity index (χ3n) is 2.40. The van der Waals surface area contributed by atoms with Gasteiger partial charge in [-0.2, -0.15) is 13.2 Å². The van der Waals surface area contributed by atoms with Crippen molar-refractivity contribution in [2.45, 2.75) is 19.1 Å². The van der Waals surface area contributed by atoms with E-state index < -0.39 is 17.6 Å². The van der Waals surface area contributed by atoms with Gasteiger partial charge in [0.05, 0.1) is 18.4 Å². The summed E-state index contributed by atoms with van der Waals surface area (Å²) < 4.78 is 55.3. The van der Waals surface area contributed by atoms with Gasteiger partial charge < -0.3 is 10.1 Å². The Bertz CT molecular complexity index is 418. The van der Waals surface area contributed by atoms with Gasteiger partial charge in [-0.05, 0) is 30.7 Å². The van der Waals surface area contributed by atoms with E-state index in [0.29, 0.717) is 25.1 Å². The minimum Gasteiger partial charge on any atom is -0.502 e. The van der Waals surface area contributed by atoms with Crippen molar-refractivity contribution in [3.8, 4) is 0 Å². The van der Waals surface area contributed by atoms with Gasteiger partial charge in [0.15, 0.2) is 0 Å². The van der Waals surface area contributed by atoms with Crippen LogP contribution >= 0.6 is 0 Å². The summed E-state index contributed by atoms with van der Waals surface area (Å²) in [5, 5.41) is 2.95. The van der Waals surface area contributed by atoms with Crippen LogP contribution in [0.25, 0.3) is 0 Å². The van der Waals surface area contributed by atoms with Crippen molar-refractivity contribution in [3.05, 3.63) is 48.0 Å². The van der Waals surface area contributed by atoms with E-state index in [0.717, 1.165) is 12.1 Å². The van der Waals surface area contributed by atoms with Crippen LogP contribution in [0.15, 0.2) is 31.0 Å². The second kappa shape index (κ2) is 7.13. The van der Waals surface area contributed by atoms with Gasteiger partial charge in [0.2, 0.25) is 0 Å². The smallest absolute Gasteiger partial charge is 0.419 e. The van der Waals surface area contributed by atoms with Crippen LogP contribution in [0.1, 0.15) is 17.5 Å². The Kier molecular flexibility index (Phi) is 5.82. The lowest BCUT2D eigenvalue weighted by Gasteiger charge is -2.10. The third-order valence-corrected chi connectivity index (χ3v) is 2.40. The van der Waals surface area contributed by atoms with Crippen LogP contribution in [0.4, 0.5) is 17.6 Å². The molecule has 0 spiro atoms. The molecule has 0 aliphatic rings. The fraction of sp³-hybridized carbons (Fsp3) is 0.385. The van der Waals surface area contributed by atoms with Gasteiger partial charge >= 0.3 is 6.18 Å². The van der Waals surface area contributed by atoms with Gasteiger partial charge in [-0.1, -0.05) is 12.6 Å². The second-order valence-corrected chi connectivity index (χ2v) is 3.88. The fourth-order valence-corrected chi connectivity index (χ4v) is 1.50. The van der Waals surface area contributed by atoms with Crippen LogP contribution < -0.4 is 5.32 Å². The molecule has 1 aromatic carbocycles. The van der Waals surface area contributed by atoms with Gasteiger partial charge in [-0.25, -0.2) is 4.39 Å². The van der Waals surface area contributed by atoms with Gasteiger partial charge in [-0.15, -0.1) is 0 Å². The van der Waals surface area contributed by atoms with E-state index in [9.17, 15) is 17.6 Å². The summed E-state index contributed by atoms with van der Waals surface area (Å²) in [5.41, 5.74) is -0.847. The van der Waals surface area contributed by atoms with E-state index >= 15 is 0 Å². The van der Waals surface area contributed by atoms with E-state index in [2.05, 4.69) is 11.9 Å². The van der Waals surface area contributed by atoms with Crippen molar-refractivity contribution >= 4 is 0 Å². The molecule has 6 heteroatoms. The van der Waals surface area contributed by atoms with Crippen molar-refractivity contribution in [2.75, 3.05) is 13.2 Å². The van der Waals surface area contributed by atoms with Gasteiger partial charge in [0.25, 0.3) is 0 Å². The first-order valence-electron chi connectivity index (χ1n) is 5.74. The Morgan fingerprint density at radius 1 is 1.32 bits per heavy atom. The topological polar surface area (TPSA) is 21.3 Å². The quantitative estimate of drug-likeness (QED) is 0.468. The highest BCUT2D eigenvalue weighted by atomic mass is 19.4. The summed E-state index contributed by atoms with van der Waals surface area (Å²) in [7, 11) is 0. The van der Waals surface area contributed by atoms with Crippen LogP contribution in [-0.2, 0) is 17.5 Å². The minimum absolute atomic E-state index is 0.247. The number of alkyl halides is 3. The molecule has 1 N–H and O–H groups in total. The fourth-order valence-electron chi connectivity index (χ4n) is 1.50. The standard InChI is InChI=1S/C13H15F4NO/c1-2-19-7-3-6-18-9-10-4-5-12(14)11(8-10)13(15,16)17/h2,4-5,8,18H,1,3,6-7,9H2. The molecule has 1 aromatic rings. The van der Waals surface area contributed by atoms with Gasteiger partial charge in [0, 0.05) is 6.54 Å². The summed E-state index contributed by atoms with van der Waals surface area (Å²) in [5.74, 6) is -1.25. The average molecular weight is 277 g/mol. The third kappa shape index (κ3) is 5.30. The highest BCUT2D eigenvalue weighted by Gasteiger charge is 2.34. The number of hydrogen-bond donors (Lipinski definition) is 1. The molecule has 0 aromatic heterocycles. The highest BCUT2D eigenvalue weighted by molar-refractivity contribution is 5.27. The summed E-state index contributed by atoms with van der Waals surface area (Å²) in [6.07, 6.45) is -2.63. The second-order valence-electron chi connectivity index (χ2n) is 3.88. The number of hydrogen-bond acceptors (Lipinski definition) is 2. The molecule has 0 aliphatic heterocycles. The molecule has 0 unspecified atom stereocenters. The van der Waals surface area contributed by atoms with E-state index in [1.165, 1.54) is 12.3 Å². The van der Waals surface area contributed by atoms with E-state index in [1.54, 1.807) is 0 Å². The van der Waals surface area contributed by atoms with E-state index in [4.69, 9.17) is 4.74 Å². The molecule has 0 radical (unpaired) electrons. The van der Waals surface area contributed by atoms with Crippen LogP contribution in [0.3, 0.4) is 0 Å². The number of halogens is 4. The van der Waals surface area contributed by atoms with Crippen molar-refractivity contribution in [1.82, 2.24) is 5.32 Å². The first kappa shape index (κ1) is 15.5. The number of benzene rings is 1. The minimum atomic E-state index is -4.67. The van der Waals surface area contributed by atoms with Crippen LogP contribution in [-0.4, -0.2) is 13.2 Å².